The lowest BCUT2D eigenvalue weighted by atomic mass is 10.1. The number of nitro groups is 2. The van der Waals surface area contributed by atoms with Crippen LogP contribution in [0, 0.1) is 20.2 Å². The minimum absolute atomic E-state index is 0.0422. The quantitative estimate of drug-likeness (QED) is 0.0860. The van der Waals surface area contributed by atoms with Crippen molar-refractivity contribution in [2.45, 2.75) is 37.0 Å². The molecule has 0 radical (unpaired) electrons. The monoisotopic (exact) mass is 672 g/mol. The highest BCUT2D eigenvalue weighted by Crippen LogP contribution is 2.52. The van der Waals surface area contributed by atoms with E-state index in [-0.39, 0.29) is 46.0 Å². The third-order valence-electron chi connectivity index (χ3n) is 5.66. The summed E-state index contributed by atoms with van der Waals surface area (Å²) >= 11 is 6.04. The van der Waals surface area contributed by atoms with Crippen LogP contribution in [-0.2, 0) is 22.4 Å². The molecular weight excluding hydrogens is 654 g/mol. The fraction of sp³-hybridized carbons (Fsp3) is 0.250. The number of alkyl halides is 6. The van der Waals surface area contributed by atoms with E-state index in [1.54, 1.807) is 6.92 Å². The lowest BCUT2D eigenvalue weighted by Crippen LogP contribution is -2.31. The van der Waals surface area contributed by atoms with Gasteiger partial charge in [-0.15, -0.1) is 3.71 Å². The Balaban J connectivity index is 2.47. The van der Waals surface area contributed by atoms with Gasteiger partial charge in [0.1, 0.15) is 5.69 Å². The van der Waals surface area contributed by atoms with Gasteiger partial charge in [-0.05, 0) is 36.8 Å². The van der Waals surface area contributed by atoms with Crippen LogP contribution in [0.3, 0.4) is 0 Å². The number of benzene rings is 3. The molecule has 0 aliphatic heterocycles. The number of sulfonamides is 1. The van der Waals surface area contributed by atoms with E-state index in [2.05, 4.69) is 0 Å². The molecule has 3 aromatic rings. The Morgan fingerprint density at radius 1 is 0.907 bits per heavy atom. The summed E-state index contributed by atoms with van der Waals surface area (Å²) in [6, 6.07) is 8.08. The third kappa shape index (κ3) is 7.67. The molecule has 0 bridgehead atoms. The van der Waals surface area contributed by atoms with Gasteiger partial charge in [-0.1, -0.05) is 43.1 Å². The summed E-state index contributed by atoms with van der Waals surface area (Å²) in [5.41, 5.74) is -8.71. The molecule has 0 aliphatic carbocycles. The van der Waals surface area contributed by atoms with Gasteiger partial charge < -0.3 is 0 Å². The van der Waals surface area contributed by atoms with Crippen LogP contribution in [0.1, 0.15) is 30.9 Å². The number of halogens is 7. The van der Waals surface area contributed by atoms with E-state index in [1.807, 2.05) is 0 Å². The molecule has 0 atom stereocenters. The molecule has 10 nitrogen and oxygen atoms in total. The smallest absolute Gasteiger partial charge is 0.262 e. The van der Waals surface area contributed by atoms with Crippen LogP contribution in [0.5, 0.6) is 0 Å². The van der Waals surface area contributed by atoms with Crippen molar-refractivity contribution >= 4 is 56.5 Å². The number of anilines is 2. The molecule has 232 valence electrons. The van der Waals surface area contributed by atoms with Gasteiger partial charge in [0, 0.05) is 12.6 Å². The molecule has 0 saturated carbocycles. The number of rotatable bonds is 11. The summed E-state index contributed by atoms with van der Waals surface area (Å²) in [7, 11) is -4.61. The van der Waals surface area contributed by atoms with Crippen LogP contribution < -0.4 is 4.31 Å². The second kappa shape index (κ2) is 12.9. The molecular formula is C24H19ClF6N4O6S2. The lowest BCUT2D eigenvalue weighted by molar-refractivity contribution is -0.394. The van der Waals surface area contributed by atoms with Gasteiger partial charge in [0.15, 0.2) is 0 Å². The normalized spacial score (nSPS) is 12.4. The van der Waals surface area contributed by atoms with Crippen LogP contribution in [-0.4, -0.2) is 28.5 Å². The first-order valence-corrected chi connectivity index (χ1v) is 14.4. The average molecular weight is 673 g/mol. The highest BCUT2D eigenvalue weighted by molar-refractivity contribution is 8.09. The standard InChI is InChI=1S/C24H19ClF6N4O6S2/c1-2-3-11-32(43(40,41)17-7-5-4-6-8-17)42-33(20-12-15(23(26,27)28)9-10-19(20)25)22-18(24(29,30)31)13-16(34(36)37)14-21(22)35(38)39/h4-10,12-14H,2-3,11H2,1H3. The summed E-state index contributed by atoms with van der Waals surface area (Å²) < 4.78 is 112. The molecule has 0 spiro atoms. The van der Waals surface area contributed by atoms with E-state index in [4.69, 9.17) is 11.6 Å². The van der Waals surface area contributed by atoms with Gasteiger partial charge >= 0.3 is 18.0 Å². The Kier molecular flexibility index (Phi) is 10.2. The van der Waals surface area contributed by atoms with Crippen molar-refractivity contribution in [3.63, 3.8) is 0 Å². The summed E-state index contributed by atoms with van der Waals surface area (Å²) in [6.45, 7) is 1.25. The third-order valence-corrected chi connectivity index (χ3v) is 9.26. The summed E-state index contributed by atoms with van der Waals surface area (Å²) in [4.78, 5) is 20.3. The predicted molar refractivity (Wildman–Crippen MR) is 146 cm³/mol. The van der Waals surface area contributed by atoms with E-state index in [1.165, 1.54) is 18.2 Å². The largest absolute Gasteiger partial charge is 0.418 e. The SMILES string of the molecule is CCCCN(SN(c1cc(C(F)(F)F)ccc1Cl)c1c([N+](=O)[O-])cc([N+](=O)[O-])cc1C(F)(F)F)S(=O)(=O)c1ccccc1. The van der Waals surface area contributed by atoms with E-state index >= 15 is 0 Å². The molecule has 19 heteroatoms. The van der Waals surface area contributed by atoms with Crippen molar-refractivity contribution in [3.8, 4) is 0 Å². The van der Waals surface area contributed by atoms with Gasteiger partial charge in [0.05, 0.1) is 54.8 Å². The average Bonchev–Trinajstić information content (AvgIpc) is 2.92. The van der Waals surface area contributed by atoms with E-state index in [0.29, 0.717) is 22.3 Å². The van der Waals surface area contributed by atoms with Gasteiger partial charge in [-0.25, -0.2) is 8.42 Å². The molecule has 3 rings (SSSR count). The van der Waals surface area contributed by atoms with Gasteiger partial charge in [0.2, 0.25) is 0 Å². The Morgan fingerprint density at radius 3 is 2.05 bits per heavy atom. The Morgan fingerprint density at radius 2 is 1.53 bits per heavy atom. The van der Waals surface area contributed by atoms with Crippen molar-refractivity contribution < 1.29 is 44.6 Å². The highest BCUT2D eigenvalue weighted by atomic mass is 35.5. The predicted octanol–water partition coefficient (Wildman–Crippen LogP) is 8.39. The molecule has 0 heterocycles. The van der Waals surface area contributed by atoms with E-state index in [0.717, 1.165) is 12.1 Å². The van der Waals surface area contributed by atoms with Crippen molar-refractivity contribution in [1.82, 2.24) is 3.71 Å². The first kappa shape index (κ1) is 33.9. The van der Waals surface area contributed by atoms with Crippen LogP contribution >= 0.6 is 23.7 Å². The Labute approximate surface area is 249 Å². The van der Waals surface area contributed by atoms with Crippen LogP contribution in [0.4, 0.5) is 49.1 Å². The lowest BCUT2D eigenvalue weighted by Gasteiger charge is -2.31. The fourth-order valence-electron chi connectivity index (χ4n) is 3.62. The number of nitrogens with zero attached hydrogens (tertiary/aromatic N) is 4. The molecule has 3 aromatic carbocycles. The molecule has 43 heavy (non-hydrogen) atoms. The number of nitro benzene ring substituents is 2. The summed E-state index contributed by atoms with van der Waals surface area (Å²) in [5.74, 6) is 0. The van der Waals surface area contributed by atoms with Crippen molar-refractivity contribution in [2.24, 2.45) is 0 Å². The van der Waals surface area contributed by atoms with Crippen molar-refractivity contribution in [3.05, 3.63) is 97.0 Å². The minimum Gasteiger partial charge on any atom is -0.262 e. The fourth-order valence-corrected chi connectivity index (χ4v) is 6.69. The molecule has 0 unspecified atom stereocenters. The van der Waals surface area contributed by atoms with E-state index in [9.17, 15) is 55.0 Å². The zero-order valence-corrected chi connectivity index (χ0v) is 24.0. The molecule has 0 fully saturated rings. The van der Waals surface area contributed by atoms with Crippen LogP contribution in [0.2, 0.25) is 5.02 Å². The summed E-state index contributed by atoms with van der Waals surface area (Å²) in [5, 5.41) is 22.8. The first-order chi connectivity index (χ1) is 19.9. The van der Waals surface area contributed by atoms with Crippen LogP contribution in [0.25, 0.3) is 0 Å². The van der Waals surface area contributed by atoms with Crippen LogP contribution in [0.15, 0.2) is 65.6 Å². The van der Waals surface area contributed by atoms with Crippen molar-refractivity contribution in [1.29, 1.82) is 0 Å². The second-order valence-corrected chi connectivity index (χ2v) is 12.1. The number of hydrogen-bond donors (Lipinski definition) is 0. The molecule has 0 saturated heterocycles. The number of hydrogen-bond acceptors (Lipinski definition) is 8. The first-order valence-electron chi connectivity index (χ1n) is 11.9. The van der Waals surface area contributed by atoms with Gasteiger partial charge in [-0.2, -0.15) is 26.3 Å². The maximum absolute atomic E-state index is 14.4. The second-order valence-electron chi connectivity index (χ2n) is 8.61. The highest BCUT2D eigenvalue weighted by Gasteiger charge is 2.44. The topological polar surface area (TPSA) is 127 Å². The maximum Gasteiger partial charge on any atom is 0.418 e. The number of non-ortho nitro benzene ring substituents is 1. The maximum atomic E-state index is 14.4. The molecule has 0 aromatic heterocycles. The summed E-state index contributed by atoms with van der Waals surface area (Å²) in [6.07, 6.45) is -10.2. The number of unbranched alkanes of at least 4 members (excludes halogenated alkanes) is 1. The van der Waals surface area contributed by atoms with Gasteiger partial charge in [-0.3, -0.25) is 24.5 Å². The molecule has 0 aliphatic rings. The Hall–Kier alpha value is -3.61. The molecule has 0 N–H and O–H groups in total. The van der Waals surface area contributed by atoms with E-state index < -0.39 is 77.7 Å². The molecule has 0 amide bonds. The van der Waals surface area contributed by atoms with Gasteiger partial charge in [0.25, 0.3) is 15.7 Å². The zero-order valence-electron chi connectivity index (χ0n) is 21.6. The zero-order chi connectivity index (χ0) is 32.3. The minimum atomic E-state index is -5.55. The Bertz CT molecular complexity index is 1620. The van der Waals surface area contributed by atoms with Crippen molar-refractivity contribution in [2.75, 3.05) is 10.8 Å².